The highest BCUT2D eigenvalue weighted by Crippen LogP contribution is 2.23. The van der Waals surface area contributed by atoms with Gasteiger partial charge in [-0.3, -0.25) is 0 Å². The molecule has 0 radical (unpaired) electrons. The van der Waals surface area contributed by atoms with Gasteiger partial charge in [0.25, 0.3) is 10.2 Å². The second kappa shape index (κ2) is 8.89. The van der Waals surface area contributed by atoms with Crippen LogP contribution in [0.15, 0.2) is 0 Å². The molecule has 3 N–H and O–H groups in total. The van der Waals surface area contributed by atoms with Crippen molar-refractivity contribution >= 4 is 10.2 Å². The predicted octanol–water partition coefficient (Wildman–Crippen LogP) is 1.71. The quantitative estimate of drug-likeness (QED) is 0.569. The van der Waals surface area contributed by atoms with E-state index in [2.05, 4.69) is 25.5 Å². The summed E-state index contributed by atoms with van der Waals surface area (Å²) in [6.45, 7) is 7.81. The predicted molar refractivity (Wildman–Crippen MR) is 81.1 cm³/mol. The molecule has 0 aromatic heterocycles. The van der Waals surface area contributed by atoms with Crippen LogP contribution < -0.4 is 10.5 Å². The Morgan fingerprint density at radius 3 is 2.37 bits per heavy atom. The van der Waals surface area contributed by atoms with Gasteiger partial charge in [-0.05, 0) is 24.8 Å². The van der Waals surface area contributed by atoms with Crippen LogP contribution in [0.2, 0.25) is 0 Å². The second-order valence-corrected chi connectivity index (χ2v) is 7.77. The van der Waals surface area contributed by atoms with Crippen molar-refractivity contribution in [2.75, 3.05) is 26.7 Å². The van der Waals surface area contributed by atoms with Crippen LogP contribution in [0.3, 0.4) is 0 Å². The molecule has 6 heteroatoms. The Morgan fingerprint density at radius 2 is 1.84 bits per heavy atom. The van der Waals surface area contributed by atoms with Gasteiger partial charge in [-0.15, -0.1) is 0 Å². The zero-order chi connectivity index (χ0) is 14.9. The number of nitrogens with one attached hydrogen (secondary N) is 1. The summed E-state index contributed by atoms with van der Waals surface area (Å²) in [4.78, 5) is 0. The molecule has 0 bridgehead atoms. The normalized spacial score (nSPS) is 13.2. The lowest BCUT2D eigenvalue weighted by atomic mass is 9.87. The van der Waals surface area contributed by atoms with Gasteiger partial charge in [-0.2, -0.15) is 12.7 Å². The Labute approximate surface area is 119 Å². The molecule has 19 heavy (non-hydrogen) atoms. The molecular weight excluding hydrogens is 262 g/mol. The summed E-state index contributed by atoms with van der Waals surface area (Å²) in [6, 6.07) is 0. The van der Waals surface area contributed by atoms with Crippen molar-refractivity contribution in [2.45, 2.75) is 52.9 Å². The average molecular weight is 293 g/mol. The van der Waals surface area contributed by atoms with Crippen LogP contribution in [0.25, 0.3) is 0 Å². The van der Waals surface area contributed by atoms with E-state index in [-0.39, 0.29) is 5.41 Å². The molecule has 0 aromatic rings. The van der Waals surface area contributed by atoms with E-state index in [1.807, 2.05) is 0 Å². The van der Waals surface area contributed by atoms with Gasteiger partial charge in [-0.1, -0.05) is 40.0 Å². The first-order chi connectivity index (χ1) is 8.75. The van der Waals surface area contributed by atoms with Crippen molar-refractivity contribution in [3.05, 3.63) is 0 Å². The molecular formula is C13H31N3O2S. The summed E-state index contributed by atoms with van der Waals surface area (Å²) < 4.78 is 28.0. The Bertz CT molecular complexity index is 329. The van der Waals surface area contributed by atoms with Crippen molar-refractivity contribution in [2.24, 2.45) is 11.1 Å². The van der Waals surface area contributed by atoms with E-state index in [4.69, 9.17) is 5.73 Å². The fourth-order valence-corrected chi connectivity index (χ4v) is 2.94. The number of hydrogen-bond acceptors (Lipinski definition) is 3. The van der Waals surface area contributed by atoms with Gasteiger partial charge in [0.2, 0.25) is 0 Å². The first-order valence-electron chi connectivity index (χ1n) is 7.16. The number of rotatable bonds is 11. The van der Waals surface area contributed by atoms with E-state index in [1.165, 1.54) is 17.1 Å². The molecule has 0 saturated carbocycles. The van der Waals surface area contributed by atoms with E-state index >= 15 is 0 Å². The van der Waals surface area contributed by atoms with Gasteiger partial charge in [0.05, 0.1) is 0 Å². The third kappa shape index (κ3) is 8.57. The molecule has 0 unspecified atom stereocenters. The zero-order valence-electron chi connectivity index (χ0n) is 12.9. The van der Waals surface area contributed by atoms with Crippen LogP contribution in [-0.4, -0.2) is 39.4 Å². The summed E-state index contributed by atoms with van der Waals surface area (Å²) in [5.41, 5.74) is 5.39. The zero-order valence-corrected chi connectivity index (χ0v) is 13.7. The largest absolute Gasteiger partial charge is 0.330 e. The fourth-order valence-electron chi connectivity index (χ4n) is 1.77. The molecule has 0 amide bonds. The third-order valence-electron chi connectivity index (χ3n) is 3.28. The summed E-state index contributed by atoms with van der Waals surface area (Å²) in [6.07, 6.45) is 5.25. The maximum Gasteiger partial charge on any atom is 0.279 e. The highest BCUT2D eigenvalue weighted by atomic mass is 32.2. The van der Waals surface area contributed by atoms with E-state index in [0.717, 1.165) is 12.8 Å². The van der Waals surface area contributed by atoms with Gasteiger partial charge in [0.1, 0.15) is 0 Å². The molecule has 5 nitrogen and oxygen atoms in total. The van der Waals surface area contributed by atoms with E-state index < -0.39 is 10.2 Å². The fraction of sp³-hybridized carbons (Fsp3) is 1.00. The number of hydrogen-bond donors (Lipinski definition) is 2. The van der Waals surface area contributed by atoms with Crippen molar-refractivity contribution in [3.63, 3.8) is 0 Å². The van der Waals surface area contributed by atoms with Crippen molar-refractivity contribution in [1.29, 1.82) is 0 Å². The molecule has 0 spiro atoms. The molecule has 0 rings (SSSR count). The average Bonchev–Trinajstić information content (AvgIpc) is 2.34. The minimum absolute atomic E-state index is 0.00303. The second-order valence-electron chi connectivity index (χ2n) is 5.91. The van der Waals surface area contributed by atoms with Crippen LogP contribution in [0.5, 0.6) is 0 Å². The minimum atomic E-state index is -3.37. The van der Waals surface area contributed by atoms with Gasteiger partial charge >= 0.3 is 0 Å². The number of nitrogens with zero attached hydrogens (tertiary/aromatic N) is 1. The van der Waals surface area contributed by atoms with E-state index in [1.54, 1.807) is 7.05 Å². The van der Waals surface area contributed by atoms with Crippen molar-refractivity contribution < 1.29 is 8.42 Å². The number of nitrogens with two attached hydrogens (primary N) is 1. The highest BCUT2D eigenvalue weighted by Gasteiger charge is 2.23. The maximum absolute atomic E-state index is 12.0. The molecule has 0 saturated heterocycles. The Balaban J connectivity index is 4.20. The molecule has 0 heterocycles. The Morgan fingerprint density at radius 1 is 1.21 bits per heavy atom. The molecule has 0 aliphatic heterocycles. The maximum atomic E-state index is 12.0. The van der Waals surface area contributed by atoms with Crippen LogP contribution in [-0.2, 0) is 10.2 Å². The van der Waals surface area contributed by atoms with Crippen LogP contribution in [0.4, 0.5) is 0 Å². The Hall–Kier alpha value is -0.170. The minimum Gasteiger partial charge on any atom is -0.330 e. The first kappa shape index (κ1) is 18.8. The highest BCUT2D eigenvalue weighted by molar-refractivity contribution is 7.87. The lowest BCUT2D eigenvalue weighted by Gasteiger charge is -2.26. The molecule has 0 fully saturated rings. The standard InChI is InChI=1S/C13H31N3O2S/c1-5-6-7-9-13(2,3)12-15-19(17,18)16(4)11-8-10-14/h15H,5-12,14H2,1-4H3. The van der Waals surface area contributed by atoms with Crippen LogP contribution in [0, 0.1) is 5.41 Å². The van der Waals surface area contributed by atoms with Gasteiger partial charge in [0.15, 0.2) is 0 Å². The smallest absolute Gasteiger partial charge is 0.279 e. The van der Waals surface area contributed by atoms with Gasteiger partial charge in [0, 0.05) is 20.1 Å². The third-order valence-corrected chi connectivity index (χ3v) is 4.79. The molecule has 0 atom stereocenters. The molecule has 0 aromatic carbocycles. The van der Waals surface area contributed by atoms with Crippen molar-refractivity contribution in [3.8, 4) is 0 Å². The first-order valence-corrected chi connectivity index (χ1v) is 8.60. The lowest BCUT2D eigenvalue weighted by Crippen LogP contribution is -2.43. The van der Waals surface area contributed by atoms with Gasteiger partial charge in [-0.25, -0.2) is 4.72 Å². The molecule has 116 valence electrons. The number of unbranched alkanes of at least 4 members (excludes halogenated alkanes) is 2. The molecule has 0 aliphatic carbocycles. The lowest BCUT2D eigenvalue weighted by molar-refractivity contribution is 0.316. The van der Waals surface area contributed by atoms with Gasteiger partial charge < -0.3 is 5.73 Å². The monoisotopic (exact) mass is 293 g/mol. The van der Waals surface area contributed by atoms with Crippen LogP contribution in [0.1, 0.15) is 52.9 Å². The summed E-state index contributed by atoms with van der Waals surface area (Å²) in [7, 11) is -1.78. The van der Waals surface area contributed by atoms with Crippen molar-refractivity contribution in [1.82, 2.24) is 9.03 Å². The van der Waals surface area contributed by atoms with Crippen LogP contribution >= 0.6 is 0 Å². The summed E-state index contributed by atoms with van der Waals surface area (Å²) in [5.74, 6) is 0. The topological polar surface area (TPSA) is 75.4 Å². The van der Waals surface area contributed by atoms with E-state index in [9.17, 15) is 8.42 Å². The van der Waals surface area contributed by atoms with E-state index in [0.29, 0.717) is 26.1 Å². The Kier molecular flexibility index (Phi) is 8.81. The summed E-state index contributed by atoms with van der Waals surface area (Å²) in [5, 5.41) is 0. The SMILES string of the molecule is CCCCCC(C)(C)CNS(=O)(=O)N(C)CCCN. The molecule has 0 aliphatic rings. The summed E-state index contributed by atoms with van der Waals surface area (Å²) >= 11 is 0.